The molecule has 1 aliphatic heterocycles. The van der Waals surface area contributed by atoms with Gasteiger partial charge in [-0.05, 0) is 43.3 Å². The van der Waals surface area contributed by atoms with E-state index >= 15 is 0 Å². The number of methoxy groups -OCH3 is 1. The molecule has 0 radical (unpaired) electrons. The third-order valence-corrected chi connectivity index (χ3v) is 4.72. The fourth-order valence-corrected chi connectivity index (χ4v) is 3.10. The number of hydrogen-bond donors (Lipinski definition) is 1. The summed E-state index contributed by atoms with van der Waals surface area (Å²) >= 11 is 0. The SMILES string of the molecule is COc1ccc(NC(=O)N(CCN2CCOCC2)Cc2cccc(C)n2)cc1. The highest BCUT2D eigenvalue weighted by Gasteiger charge is 2.18. The van der Waals surface area contributed by atoms with Crippen molar-refractivity contribution >= 4 is 11.7 Å². The fraction of sp³-hybridized carbons (Fsp3) is 0.429. The molecular formula is C21H28N4O3. The molecule has 7 heteroatoms. The molecule has 1 N–H and O–H groups in total. The number of carbonyl (C=O) groups is 1. The van der Waals surface area contributed by atoms with Crippen LogP contribution in [-0.4, -0.2) is 67.3 Å². The van der Waals surface area contributed by atoms with Gasteiger partial charge in [0.2, 0.25) is 0 Å². The minimum atomic E-state index is -0.137. The molecule has 7 nitrogen and oxygen atoms in total. The number of morpholine rings is 1. The van der Waals surface area contributed by atoms with Gasteiger partial charge in [-0.1, -0.05) is 6.07 Å². The third kappa shape index (κ3) is 5.94. The predicted molar refractivity (Wildman–Crippen MR) is 109 cm³/mol. The van der Waals surface area contributed by atoms with Crippen molar-refractivity contribution < 1.29 is 14.3 Å². The second kappa shape index (κ2) is 10.1. The lowest BCUT2D eigenvalue weighted by Gasteiger charge is -2.30. The molecule has 1 aromatic heterocycles. The minimum absolute atomic E-state index is 0.137. The summed E-state index contributed by atoms with van der Waals surface area (Å²) in [5, 5.41) is 2.98. The third-order valence-electron chi connectivity index (χ3n) is 4.72. The second-order valence-corrected chi connectivity index (χ2v) is 6.80. The van der Waals surface area contributed by atoms with Crippen molar-refractivity contribution in [3.05, 3.63) is 53.9 Å². The normalized spacial score (nSPS) is 14.5. The van der Waals surface area contributed by atoms with Crippen LogP contribution in [0.1, 0.15) is 11.4 Å². The molecular weight excluding hydrogens is 356 g/mol. The van der Waals surface area contributed by atoms with Gasteiger partial charge >= 0.3 is 6.03 Å². The van der Waals surface area contributed by atoms with E-state index < -0.39 is 0 Å². The number of carbonyl (C=O) groups excluding carboxylic acids is 1. The van der Waals surface area contributed by atoms with Crippen LogP contribution in [0.3, 0.4) is 0 Å². The van der Waals surface area contributed by atoms with Gasteiger partial charge in [0, 0.05) is 37.6 Å². The smallest absolute Gasteiger partial charge is 0.322 e. The first kappa shape index (κ1) is 20.1. The second-order valence-electron chi connectivity index (χ2n) is 6.80. The van der Waals surface area contributed by atoms with E-state index in [9.17, 15) is 4.79 Å². The number of rotatable bonds is 7. The van der Waals surface area contributed by atoms with Crippen molar-refractivity contribution in [1.29, 1.82) is 0 Å². The summed E-state index contributed by atoms with van der Waals surface area (Å²) in [7, 11) is 1.62. The Hall–Kier alpha value is -2.64. The molecule has 0 bridgehead atoms. The summed E-state index contributed by atoms with van der Waals surface area (Å²) in [6, 6.07) is 13.1. The zero-order valence-electron chi connectivity index (χ0n) is 16.6. The zero-order valence-corrected chi connectivity index (χ0v) is 16.6. The van der Waals surface area contributed by atoms with E-state index in [1.54, 1.807) is 7.11 Å². The number of pyridine rings is 1. The maximum atomic E-state index is 12.9. The van der Waals surface area contributed by atoms with Crippen LogP contribution in [-0.2, 0) is 11.3 Å². The van der Waals surface area contributed by atoms with Crippen LogP contribution in [0, 0.1) is 6.92 Å². The van der Waals surface area contributed by atoms with E-state index in [2.05, 4.69) is 15.2 Å². The maximum Gasteiger partial charge on any atom is 0.322 e. The lowest BCUT2D eigenvalue weighted by Crippen LogP contribution is -2.44. The van der Waals surface area contributed by atoms with E-state index in [1.807, 2.05) is 54.3 Å². The summed E-state index contributed by atoms with van der Waals surface area (Å²) in [4.78, 5) is 21.6. The molecule has 2 aromatic rings. The van der Waals surface area contributed by atoms with Crippen LogP contribution < -0.4 is 10.1 Å². The average molecular weight is 384 g/mol. The highest BCUT2D eigenvalue weighted by molar-refractivity contribution is 5.89. The number of benzene rings is 1. The molecule has 2 heterocycles. The molecule has 0 atom stereocenters. The first-order valence-corrected chi connectivity index (χ1v) is 9.56. The summed E-state index contributed by atoms with van der Waals surface area (Å²) in [5.74, 6) is 0.756. The Balaban J connectivity index is 1.66. The number of aromatic nitrogens is 1. The number of nitrogens with zero attached hydrogens (tertiary/aromatic N) is 3. The zero-order chi connectivity index (χ0) is 19.8. The molecule has 1 aliphatic rings. The van der Waals surface area contributed by atoms with Gasteiger partial charge < -0.3 is 19.7 Å². The number of hydrogen-bond acceptors (Lipinski definition) is 5. The molecule has 3 rings (SSSR count). The van der Waals surface area contributed by atoms with Crippen LogP contribution >= 0.6 is 0 Å². The van der Waals surface area contributed by atoms with Crippen molar-refractivity contribution in [2.75, 3.05) is 51.8 Å². The lowest BCUT2D eigenvalue weighted by atomic mass is 10.3. The molecule has 0 aliphatic carbocycles. The van der Waals surface area contributed by atoms with Gasteiger partial charge in [0.15, 0.2) is 0 Å². The van der Waals surface area contributed by atoms with Crippen molar-refractivity contribution in [2.24, 2.45) is 0 Å². The number of amides is 2. The summed E-state index contributed by atoms with van der Waals surface area (Å²) in [5.41, 5.74) is 2.56. The summed E-state index contributed by atoms with van der Waals surface area (Å²) in [6.45, 7) is 7.15. The molecule has 150 valence electrons. The fourth-order valence-electron chi connectivity index (χ4n) is 3.10. The minimum Gasteiger partial charge on any atom is -0.497 e. The van der Waals surface area contributed by atoms with Gasteiger partial charge in [0.1, 0.15) is 5.75 Å². The molecule has 0 unspecified atom stereocenters. The molecule has 1 fully saturated rings. The Labute approximate surface area is 166 Å². The van der Waals surface area contributed by atoms with Crippen LogP contribution in [0.2, 0.25) is 0 Å². The molecule has 2 amide bonds. The van der Waals surface area contributed by atoms with Gasteiger partial charge in [-0.3, -0.25) is 9.88 Å². The molecule has 0 spiro atoms. The van der Waals surface area contributed by atoms with E-state index in [0.717, 1.165) is 55.7 Å². The molecule has 1 aromatic carbocycles. The monoisotopic (exact) mass is 384 g/mol. The van der Waals surface area contributed by atoms with Crippen molar-refractivity contribution in [2.45, 2.75) is 13.5 Å². The van der Waals surface area contributed by atoms with Gasteiger partial charge in [0.25, 0.3) is 0 Å². The topological polar surface area (TPSA) is 66.9 Å². The molecule has 0 saturated carbocycles. The Kier molecular flexibility index (Phi) is 7.22. The quantitative estimate of drug-likeness (QED) is 0.795. The van der Waals surface area contributed by atoms with Crippen molar-refractivity contribution in [3.63, 3.8) is 0 Å². The highest BCUT2D eigenvalue weighted by atomic mass is 16.5. The number of aryl methyl sites for hydroxylation is 1. The van der Waals surface area contributed by atoms with Gasteiger partial charge in [-0.15, -0.1) is 0 Å². The maximum absolute atomic E-state index is 12.9. The highest BCUT2D eigenvalue weighted by Crippen LogP contribution is 2.16. The Bertz CT molecular complexity index is 761. The van der Waals surface area contributed by atoms with Crippen LogP contribution in [0.4, 0.5) is 10.5 Å². The molecule has 28 heavy (non-hydrogen) atoms. The number of ether oxygens (including phenoxy) is 2. The first-order valence-electron chi connectivity index (χ1n) is 9.56. The van der Waals surface area contributed by atoms with Crippen molar-refractivity contribution in [3.8, 4) is 5.75 Å². The van der Waals surface area contributed by atoms with Gasteiger partial charge in [-0.25, -0.2) is 4.79 Å². The van der Waals surface area contributed by atoms with Gasteiger partial charge in [0.05, 0.1) is 32.6 Å². The lowest BCUT2D eigenvalue weighted by molar-refractivity contribution is 0.0349. The largest absolute Gasteiger partial charge is 0.497 e. The van der Waals surface area contributed by atoms with E-state index in [0.29, 0.717) is 13.1 Å². The van der Waals surface area contributed by atoms with Crippen LogP contribution in [0.5, 0.6) is 5.75 Å². The Morgan fingerprint density at radius 1 is 1.21 bits per heavy atom. The van der Waals surface area contributed by atoms with E-state index in [1.165, 1.54) is 0 Å². The summed E-state index contributed by atoms with van der Waals surface area (Å²) in [6.07, 6.45) is 0. The van der Waals surface area contributed by atoms with Crippen molar-refractivity contribution in [1.82, 2.24) is 14.8 Å². The predicted octanol–water partition coefficient (Wildman–Crippen LogP) is 2.76. The Morgan fingerprint density at radius 2 is 1.96 bits per heavy atom. The van der Waals surface area contributed by atoms with Crippen LogP contribution in [0.25, 0.3) is 0 Å². The standard InChI is InChI=1S/C21H28N4O3/c1-17-4-3-5-19(22-17)16-25(11-10-24-12-14-28-15-13-24)21(26)23-18-6-8-20(27-2)9-7-18/h3-9H,10-16H2,1-2H3,(H,23,26). The van der Waals surface area contributed by atoms with Gasteiger partial charge in [-0.2, -0.15) is 0 Å². The van der Waals surface area contributed by atoms with Crippen LogP contribution in [0.15, 0.2) is 42.5 Å². The Morgan fingerprint density at radius 3 is 2.64 bits per heavy atom. The first-order chi connectivity index (χ1) is 13.6. The average Bonchev–Trinajstić information content (AvgIpc) is 2.72. The number of nitrogens with one attached hydrogen (secondary N) is 1. The van der Waals surface area contributed by atoms with E-state index in [4.69, 9.17) is 9.47 Å². The van der Waals surface area contributed by atoms with E-state index in [-0.39, 0.29) is 6.03 Å². The number of urea groups is 1. The summed E-state index contributed by atoms with van der Waals surface area (Å²) < 4.78 is 10.6. The molecule has 1 saturated heterocycles. The number of anilines is 1.